The van der Waals surface area contributed by atoms with E-state index in [-0.39, 0.29) is 8.80 Å². The fraction of sp³-hybridized carbons (Fsp3) is 1.00. The predicted octanol–water partition coefficient (Wildman–Crippen LogP) is 7.36. The molecule has 0 aliphatic carbocycles. The molecule has 1 atom stereocenters. The Labute approximate surface area is 149 Å². The average Bonchev–Trinajstić information content (AvgIpc) is 3.31. The third kappa shape index (κ3) is 24.6. The number of hydrogen-bond donors (Lipinski definition) is 0. The molecule has 0 bridgehead atoms. The maximum atomic E-state index is 5.22. The van der Waals surface area contributed by atoms with Gasteiger partial charge in [0.25, 0.3) is 0 Å². The first-order valence-corrected chi connectivity index (χ1v) is 14.2. The Morgan fingerprint density at radius 1 is 0.652 bits per heavy atom. The third-order valence-corrected chi connectivity index (χ3v) is 4.28. The van der Waals surface area contributed by atoms with Crippen LogP contribution in [0.25, 0.3) is 0 Å². The molecule has 1 rings (SSSR count). The van der Waals surface area contributed by atoms with Gasteiger partial charge in [-0.15, -0.1) is 0 Å². The lowest BCUT2D eigenvalue weighted by atomic mass is 10.0. The molecule has 0 saturated carbocycles. The van der Waals surface area contributed by atoms with Crippen LogP contribution in [0.5, 0.6) is 0 Å². The van der Waals surface area contributed by atoms with Crippen molar-refractivity contribution >= 4 is 8.80 Å². The SMILES string of the molecule is CCCCCCCCCCCCCCCCC1CO1.C[SiH](C)C. The smallest absolute Gasteiger partial charge is 0.0810 e. The van der Waals surface area contributed by atoms with E-state index in [0.29, 0.717) is 6.10 Å². The largest absolute Gasteiger partial charge is 0.373 e. The zero-order valence-corrected chi connectivity index (χ0v) is 18.0. The summed E-state index contributed by atoms with van der Waals surface area (Å²) in [6.07, 6.45) is 22.3. The minimum absolute atomic E-state index is 0.139. The van der Waals surface area contributed by atoms with E-state index >= 15 is 0 Å². The zero-order valence-electron chi connectivity index (χ0n) is 16.9. The van der Waals surface area contributed by atoms with E-state index in [9.17, 15) is 0 Å². The van der Waals surface area contributed by atoms with Crippen molar-refractivity contribution in [2.75, 3.05) is 6.61 Å². The Bertz CT molecular complexity index is 211. The van der Waals surface area contributed by atoms with Crippen LogP contribution in [-0.4, -0.2) is 21.5 Å². The zero-order chi connectivity index (χ0) is 17.2. The van der Waals surface area contributed by atoms with Crippen molar-refractivity contribution in [1.29, 1.82) is 0 Å². The number of ether oxygens (including phenoxy) is 1. The Kier molecular flexibility index (Phi) is 18.7. The van der Waals surface area contributed by atoms with Crippen LogP contribution in [0.15, 0.2) is 0 Å². The van der Waals surface area contributed by atoms with Gasteiger partial charge in [-0.25, -0.2) is 0 Å². The summed E-state index contributed by atoms with van der Waals surface area (Å²) in [7, 11) is -0.139. The van der Waals surface area contributed by atoms with Gasteiger partial charge < -0.3 is 4.74 Å². The van der Waals surface area contributed by atoms with Crippen molar-refractivity contribution in [2.24, 2.45) is 0 Å². The van der Waals surface area contributed by atoms with Crippen LogP contribution in [-0.2, 0) is 4.74 Å². The van der Waals surface area contributed by atoms with Gasteiger partial charge in [-0.2, -0.15) is 0 Å². The molecule has 1 saturated heterocycles. The van der Waals surface area contributed by atoms with Crippen LogP contribution >= 0.6 is 0 Å². The van der Waals surface area contributed by atoms with E-state index in [1.165, 1.54) is 96.3 Å². The summed E-state index contributed by atoms with van der Waals surface area (Å²) in [6.45, 7) is 10.2. The first-order chi connectivity index (χ1) is 11.2. The minimum atomic E-state index is -0.139. The molecule has 0 radical (unpaired) electrons. The second-order valence-corrected chi connectivity index (χ2v) is 11.5. The van der Waals surface area contributed by atoms with Crippen LogP contribution < -0.4 is 0 Å². The van der Waals surface area contributed by atoms with E-state index < -0.39 is 0 Å². The number of epoxide rings is 1. The molecule has 0 N–H and O–H groups in total. The third-order valence-electron chi connectivity index (χ3n) is 4.28. The van der Waals surface area contributed by atoms with E-state index in [2.05, 4.69) is 26.6 Å². The summed E-state index contributed by atoms with van der Waals surface area (Å²) in [6, 6.07) is 0. The maximum Gasteiger partial charge on any atom is 0.0810 e. The standard InChI is InChI=1S/C18H36O.C3H10Si/c1-2-3-4-5-6-7-8-9-10-11-12-13-14-15-16-18-17-19-18;1-4(2)3/h18H,2-17H2,1H3;4H,1-3H3. The highest BCUT2D eigenvalue weighted by atomic mass is 28.3. The van der Waals surface area contributed by atoms with Gasteiger partial charge in [0.05, 0.1) is 12.7 Å². The summed E-state index contributed by atoms with van der Waals surface area (Å²) >= 11 is 0. The van der Waals surface area contributed by atoms with Gasteiger partial charge >= 0.3 is 0 Å². The Hall–Kier alpha value is 0.177. The molecule has 2 heteroatoms. The highest BCUT2D eigenvalue weighted by Crippen LogP contribution is 2.18. The summed E-state index contributed by atoms with van der Waals surface area (Å²) in [4.78, 5) is 0. The molecule has 0 spiro atoms. The van der Waals surface area contributed by atoms with Crippen molar-refractivity contribution in [3.8, 4) is 0 Å². The second-order valence-electron chi connectivity index (χ2n) is 8.07. The minimum Gasteiger partial charge on any atom is -0.373 e. The van der Waals surface area contributed by atoms with Crippen molar-refractivity contribution in [2.45, 2.75) is 129 Å². The van der Waals surface area contributed by atoms with Gasteiger partial charge in [0.2, 0.25) is 0 Å². The van der Waals surface area contributed by atoms with Crippen molar-refractivity contribution in [3.05, 3.63) is 0 Å². The fourth-order valence-electron chi connectivity index (χ4n) is 2.80. The second kappa shape index (κ2) is 18.5. The molecule has 23 heavy (non-hydrogen) atoms. The summed E-state index contributed by atoms with van der Waals surface area (Å²) in [5.41, 5.74) is 0. The summed E-state index contributed by atoms with van der Waals surface area (Å²) < 4.78 is 5.22. The molecule has 1 aliphatic heterocycles. The molecule has 0 amide bonds. The number of unbranched alkanes of at least 4 members (excludes halogenated alkanes) is 13. The Morgan fingerprint density at radius 2 is 0.957 bits per heavy atom. The molecule has 1 unspecified atom stereocenters. The predicted molar refractivity (Wildman–Crippen MR) is 109 cm³/mol. The maximum absolute atomic E-state index is 5.22. The summed E-state index contributed by atoms with van der Waals surface area (Å²) in [5, 5.41) is 0. The van der Waals surface area contributed by atoms with Gasteiger partial charge in [0, 0.05) is 8.80 Å². The first kappa shape index (κ1) is 23.2. The van der Waals surface area contributed by atoms with Crippen LogP contribution in [0, 0.1) is 0 Å². The molecule has 1 nitrogen and oxygen atoms in total. The van der Waals surface area contributed by atoms with Crippen molar-refractivity contribution < 1.29 is 4.74 Å². The van der Waals surface area contributed by atoms with Crippen LogP contribution in [0.4, 0.5) is 0 Å². The highest BCUT2D eigenvalue weighted by Gasteiger charge is 2.20. The molecule has 1 heterocycles. The quantitative estimate of drug-likeness (QED) is 0.172. The van der Waals surface area contributed by atoms with Gasteiger partial charge in [-0.3, -0.25) is 0 Å². The number of rotatable bonds is 15. The first-order valence-electron chi connectivity index (χ1n) is 10.8. The average molecular weight is 343 g/mol. The van der Waals surface area contributed by atoms with Gasteiger partial charge in [0.15, 0.2) is 0 Å². The van der Waals surface area contributed by atoms with E-state index in [0.717, 1.165) is 6.61 Å². The van der Waals surface area contributed by atoms with Gasteiger partial charge in [-0.1, -0.05) is 116 Å². The molecule has 1 aliphatic rings. The lowest BCUT2D eigenvalue weighted by Crippen LogP contribution is -1.86. The Balaban J connectivity index is 0.00000108. The van der Waals surface area contributed by atoms with Gasteiger partial charge in [0.1, 0.15) is 0 Å². The molecule has 0 aromatic rings. The fourth-order valence-corrected chi connectivity index (χ4v) is 2.80. The molecule has 0 aromatic carbocycles. The van der Waals surface area contributed by atoms with E-state index in [4.69, 9.17) is 4.74 Å². The molecular weight excluding hydrogens is 296 g/mol. The highest BCUT2D eigenvalue weighted by molar-refractivity contribution is 6.54. The van der Waals surface area contributed by atoms with Crippen molar-refractivity contribution in [3.63, 3.8) is 0 Å². The number of hydrogen-bond acceptors (Lipinski definition) is 1. The van der Waals surface area contributed by atoms with E-state index in [1.54, 1.807) is 0 Å². The normalized spacial score (nSPS) is 16.3. The lowest BCUT2D eigenvalue weighted by Gasteiger charge is -2.03. The lowest BCUT2D eigenvalue weighted by molar-refractivity contribution is 0.387. The van der Waals surface area contributed by atoms with E-state index in [1.807, 2.05) is 0 Å². The van der Waals surface area contributed by atoms with Crippen LogP contribution in [0.3, 0.4) is 0 Å². The van der Waals surface area contributed by atoms with Crippen molar-refractivity contribution in [1.82, 2.24) is 0 Å². The topological polar surface area (TPSA) is 12.5 Å². The Morgan fingerprint density at radius 3 is 1.26 bits per heavy atom. The molecule has 0 aromatic heterocycles. The molecule has 140 valence electrons. The summed E-state index contributed by atoms with van der Waals surface area (Å²) in [5.74, 6) is 0. The van der Waals surface area contributed by atoms with Crippen LogP contribution in [0.2, 0.25) is 19.6 Å². The van der Waals surface area contributed by atoms with Gasteiger partial charge in [-0.05, 0) is 6.42 Å². The molecule has 1 fully saturated rings. The monoisotopic (exact) mass is 342 g/mol. The molecular formula is C21H46OSi. The van der Waals surface area contributed by atoms with Crippen LogP contribution in [0.1, 0.15) is 103 Å².